The van der Waals surface area contributed by atoms with Crippen molar-refractivity contribution in [3.8, 4) is 0 Å². The van der Waals surface area contributed by atoms with Crippen LogP contribution < -0.4 is 5.73 Å². The molecule has 0 amide bonds. The predicted molar refractivity (Wildman–Crippen MR) is 47.5 cm³/mol. The Balaban J connectivity index is 2.02. The van der Waals surface area contributed by atoms with Gasteiger partial charge in [0, 0.05) is 12.6 Å². The number of rotatable bonds is 2. The summed E-state index contributed by atoms with van der Waals surface area (Å²) in [6.45, 7) is 0. The molecule has 0 aliphatic heterocycles. The highest BCUT2D eigenvalue weighted by Crippen LogP contribution is 2.28. The van der Waals surface area contributed by atoms with Gasteiger partial charge in [-0.2, -0.15) is 0 Å². The predicted octanol–water partition coefficient (Wildman–Crippen LogP) is 1.40. The van der Waals surface area contributed by atoms with Crippen molar-refractivity contribution in [1.29, 1.82) is 0 Å². The van der Waals surface area contributed by atoms with Crippen molar-refractivity contribution in [1.82, 2.24) is 9.97 Å². The van der Waals surface area contributed by atoms with Gasteiger partial charge in [0.15, 0.2) is 0 Å². The molecule has 1 saturated carbocycles. The van der Waals surface area contributed by atoms with Crippen molar-refractivity contribution in [2.24, 2.45) is 5.92 Å². The Bertz CT molecular complexity index is 268. The number of aromatic nitrogens is 2. The normalized spacial score (nSPS) is 17.3. The molecule has 0 bridgehead atoms. The molecule has 0 aromatic carbocycles. The Labute approximate surface area is 72.0 Å². The summed E-state index contributed by atoms with van der Waals surface area (Å²) in [6.07, 6.45) is 6.77. The highest BCUT2D eigenvalue weighted by atomic mass is 14.9. The third-order valence-electron chi connectivity index (χ3n) is 2.42. The largest absolute Gasteiger partial charge is 0.384 e. The zero-order valence-corrected chi connectivity index (χ0v) is 7.03. The maximum atomic E-state index is 5.54. The van der Waals surface area contributed by atoms with E-state index in [1.807, 2.05) is 0 Å². The molecule has 1 heterocycles. The van der Waals surface area contributed by atoms with E-state index in [0.717, 1.165) is 18.2 Å². The fourth-order valence-electron chi connectivity index (χ4n) is 1.47. The molecule has 0 unspecified atom stereocenters. The van der Waals surface area contributed by atoms with E-state index in [1.54, 1.807) is 12.3 Å². The minimum absolute atomic E-state index is 0.583. The second kappa shape index (κ2) is 3.09. The molecule has 12 heavy (non-hydrogen) atoms. The number of hydrogen-bond donors (Lipinski definition) is 1. The van der Waals surface area contributed by atoms with E-state index in [4.69, 9.17) is 5.73 Å². The summed E-state index contributed by atoms with van der Waals surface area (Å²) < 4.78 is 0. The summed E-state index contributed by atoms with van der Waals surface area (Å²) in [6, 6.07) is 1.73. The van der Waals surface area contributed by atoms with Crippen LogP contribution in [-0.2, 0) is 6.42 Å². The van der Waals surface area contributed by atoms with E-state index < -0.39 is 0 Å². The van der Waals surface area contributed by atoms with Crippen LogP contribution in [0.3, 0.4) is 0 Å². The number of anilines is 1. The Kier molecular flexibility index (Phi) is 1.94. The lowest BCUT2D eigenvalue weighted by atomic mass is 9.83. The third-order valence-corrected chi connectivity index (χ3v) is 2.42. The van der Waals surface area contributed by atoms with Crippen molar-refractivity contribution in [2.45, 2.75) is 25.7 Å². The van der Waals surface area contributed by atoms with Gasteiger partial charge in [0.1, 0.15) is 11.6 Å². The van der Waals surface area contributed by atoms with Crippen LogP contribution in [0.25, 0.3) is 0 Å². The molecular weight excluding hydrogens is 150 g/mol. The molecule has 1 fully saturated rings. The second-order valence-corrected chi connectivity index (χ2v) is 3.40. The quantitative estimate of drug-likeness (QED) is 0.717. The van der Waals surface area contributed by atoms with Crippen LogP contribution in [0.2, 0.25) is 0 Å². The first kappa shape index (κ1) is 7.53. The lowest BCUT2D eigenvalue weighted by Crippen LogP contribution is -2.15. The number of nitrogens with two attached hydrogens (primary N) is 1. The summed E-state index contributed by atoms with van der Waals surface area (Å²) in [5.74, 6) is 2.30. The van der Waals surface area contributed by atoms with Crippen molar-refractivity contribution in [2.75, 3.05) is 5.73 Å². The van der Waals surface area contributed by atoms with Gasteiger partial charge in [-0.1, -0.05) is 19.3 Å². The average molecular weight is 163 g/mol. The molecule has 64 valence electrons. The molecule has 1 aliphatic carbocycles. The van der Waals surface area contributed by atoms with E-state index in [2.05, 4.69) is 9.97 Å². The first-order valence-corrected chi connectivity index (χ1v) is 4.42. The van der Waals surface area contributed by atoms with Crippen LogP contribution in [0.1, 0.15) is 25.1 Å². The summed E-state index contributed by atoms with van der Waals surface area (Å²) in [4.78, 5) is 8.33. The zero-order valence-electron chi connectivity index (χ0n) is 7.03. The van der Waals surface area contributed by atoms with Crippen molar-refractivity contribution in [3.05, 3.63) is 18.1 Å². The number of hydrogen-bond acceptors (Lipinski definition) is 3. The molecule has 2 rings (SSSR count). The second-order valence-electron chi connectivity index (χ2n) is 3.40. The Morgan fingerprint density at radius 3 is 2.92 bits per heavy atom. The molecule has 0 atom stereocenters. The molecule has 1 aromatic heterocycles. The van der Waals surface area contributed by atoms with Gasteiger partial charge in [-0.05, 0) is 12.0 Å². The zero-order chi connectivity index (χ0) is 8.39. The lowest BCUT2D eigenvalue weighted by Gasteiger charge is -2.24. The van der Waals surface area contributed by atoms with Gasteiger partial charge in [-0.15, -0.1) is 0 Å². The van der Waals surface area contributed by atoms with Crippen molar-refractivity contribution < 1.29 is 0 Å². The van der Waals surface area contributed by atoms with Crippen LogP contribution >= 0.6 is 0 Å². The van der Waals surface area contributed by atoms with E-state index in [1.165, 1.54) is 19.3 Å². The highest BCUT2D eigenvalue weighted by molar-refractivity contribution is 5.25. The van der Waals surface area contributed by atoms with Crippen LogP contribution in [0, 0.1) is 5.92 Å². The molecular formula is C9H13N3. The maximum absolute atomic E-state index is 5.54. The highest BCUT2D eigenvalue weighted by Gasteiger charge is 2.18. The van der Waals surface area contributed by atoms with Crippen LogP contribution in [-0.4, -0.2) is 9.97 Å². The molecule has 0 spiro atoms. The van der Waals surface area contributed by atoms with Gasteiger partial charge < -0.3 is 5.73 Å². The first-order valence-electron chi connectivity index (χ1n) is 4.42. The van der Waals surface area contributed by atoms with Crippen molar-refractivity contribution >= 4 is 5.82 Å². The fourth-order valence-corrected chi connectivity index (χ4v) is 1.47. The molecule has 1 aliphatic rings. The number of nitrogen functional groups attached to an aromatic ring is 1. The topological polar surface area (TPSA) is 51.8 Å². The smallest absolute Gasteiger partial charge is 0.130 e. The van der Waals surface area contributed by atoms with Gasteiger partial charge in [0.25, 0.3) is 0 Å². The van der Waals surface area contributed by atoms with Crippen LogP contribution in [0.5, 0.6) is 0 Å². The van der Waals surface area contributed by atoms with Crippen LogP contribution in [0.15, 0.2) is 12.3 Å². The molecule has 0 radical (unpaired) electrons. The summed E-state index contributed by atoms with van der Waals surface area (Å²) >= 11 is 0. The molecule has 2 N–H and O–H groups in total. The van der Waals surface area contributed by atoms with Gasteiger partial charge in [0.05, 0.1) is 0 Å². The summed E-state index contributed by atoms with van der Waals surface area (Å²) in [7, 11) is 0. The van der Waals surface area contributed by atoms with Gasteiger partial charge in [-0.25, -0.2) is 9.97 Å². The molecule has 3 nitrogen and oxygen atoms in total. The monoisotopic (exact) mass is 163 g/mol. The average Bonchev–Trinajstić information content (AvgIpc) is 1.97. The van der Waals surface area contributed by atoms with Crippen LogP contribution in [0.4, 0.5) is 5.82 Å². The van der Waals surface area contributed by atoms with E-state index >= 15 is 0 Å². The summed E-state index contributed by atoms with van der Waals surface area (Å²) in [5, 5.41) is 0. The minimum atomic E-state index is 0.583. The van der Waals surface area contributed by atoms with E-state index in [-0.39, 0.29) is 0 Å². The SMILES string of the molecule is Nc1ccnc(CC2CCC2)n1. The standard InChI is InChI=1S/C9H13N3/c10-8-4-5-11-9(12-8)6-7-2-1-3-7/h4-5,7H,1-3,6H2,(H2,10,11,12). The Morgan fingerprint density at radius 1 is 1.50 bits per heavy atom. The minimum Gasteiger partial charge on any atom is -0.384 e. The Morgan fingerprint density at radius 2 is 2.33 bits per heavy atom. The van der Waals surface area contributed by atoms with E-state index in [9.17, 15) is 0 Å². The van der Waals surface area contributed by atoms with Gasteiger partial charge >= 0.3 is 0 Å². The molecule has 0 saturated heterocycles. The molecule has 3 heteroatoms. The maximum Gasteiger partial charge on any atom is 0.130 e. The first-order chi connectivity index (χ1) is 5.84. The lowest BCUT2D eigenvalue weighted by molar-refractivity contribution is 0.309. The Hall–Kier alpha value is -1.12. The van der Waals surface area contributed by atoms with Crippen molar-refractivity contribution in [3.63, 3.8) is 0 Å². The number of nitrogens with zero attached hydrogens (tertiary/aromatic N) is 2. The molecule has 1 aromatic rings. The van der Waals surface area contributed by atoms with Gasteiger partial charge in [0.2, 0.25) is 0 Å². The van der Waals surface area contributed by atoms with E-state index in [0.29, 0.717) is 5.82 Å². The summed E-state index contributed by atoms with van der Waals surface area (Å²) in [5.41, 5.74) is 5.54. The third kappa shape index (κ3) is 1.55. The fraction of sp³-hybridized carbons (Fsp3) is 0.556. The van der Waals surface area contributed by atoms with Gasteiger partial charge in [-0.3, -0.25) is 0 Å².